The Hall–Kier alpha value is -3.13. The summed E-state index contributed by atoms with van der Waals surface area (Å²) in [4.78, 5) is 32.0. The molecule has 4 heterocycles. The molecule has 1 aliphatic heterocycles. The Kier molecular flexibility index (Phi) is 4.87. The number of aromatic nitrogens is 2. The second-order valence-corrected chi connectivity index (χ2v) is 7.89. The number of carbonyl (C=O) groups is 2. The van der Waals surface area contributed by atoms with Crippen LogP contribution in [0.15, 0.2) is 42.9 Å². The molecule has 1 saturated heterocycles. The number of thiophene rings is 1. The third kappa shape index (κ3) is 3.50. The highest BCUT2D eigenvalue weighted by Crippen LogP contribution is 2.31. The van der Waals surface area contributed by atoms with Gasteiger partial charge in [0.25, 0.3) is 5.91 Å². The Bertz CT molecular complexity index is 1010. The van der Waals surface area contributed by atoms with Crippen LogP contribution < -0.4 is 15.5 Å². The highest BCUT2D eigenvalue weighted by atomic mass is 32.1. The monoisotopic (exact) mass is 395 g/mol. The van der Waals surface area contributed by atoms with Crippen LogP contribution in [-0.2, 0) is 4.79 Å². The van der Waals surface area contributed by atoms with Crippen molar-refractivity contribution in [3.63, 3.8) is 0 Å². The van der Waals surface area contributed by atoms with E-state index in [1.807, 2.05) is 60.0 Å². The number of pyridine rings is 1. The molecular formula is C20H21N5O2S. The van der Waals surface area contributed by atoms with Gasteiger partial charge in [-0.15, -0.1) is 11.3 Å². The first-order valence-electron chi connectivity index (χ1n) is 9.05. The van der Waals surface area contributed by atoms with Crippen LogP contribution in [0.1, 0.15) is 20.8 Å². The fourth-order valence-electron chi connectivity index (χ4n) is 3.20. The number of nitrogens with one attached hydrogen (secondary N) is 2. The average Bonchev–Trinajstić information content (AvgIpc) is 3.31. The van der Waals surface area contributed by atoms with Crippen LogP contribution in [-0.4, -0.2) is 41.0 Å². The molecule has 2 amide bonds. The SMILES string of the molecule is Cc1sc(-n2cccc2)c(C(=O)Nc2ccc(N3CCNC(=O)C3)nc2)c1C. The van der Waals surface area contributed by atoms with Crippen molar-refractivity contribution in [2.24, 2.45) is 0 Å². The molecule has 2 N–H and O–H groups in total. The number of rotatable bonds is 4. The number of aryl methyl sites for hydroxylation is 1. The van der Waals surface area contributed by atoms with Crippen LogP contribution in [0.3, 0.4) is 0 Å². The van der Waals surface area contributed by atoms with Crippen molar-refractivity contribution in [3.8, 4) is 5.00 Å². The quantitative estimate of drug-likeness (QED) is 0.712. The first-order chi connectivity index (χ1) is 13.5. The number of carbonyl (C=O) groups excluding carboxylic acids is 2. The Labute approximate surface area is 167 Å². The lowest BCUT2D eigenvalue weighted by Gasteiger charge is -2.27. The number of anilines is 2. The van der Waals surface area contributed by atoms with Gasteiger partial charge in [0.05, 0.1) is 24.0 Å². The number of hydrogen-bond acceptors (Lipinski definition) is 5. The second-order valence-electron chi connectivity index (χ2n) is 6.68. The molecule has 0 unspecified atom stereocenters. The molecule has 3 aromatic heterocycles. The van der Waals surface area contributed by atoms with Gasteiger partial charge < -0.3 is 20.1 Å². The molecule has 0 aliphatic carbocycles. The zero-order chi connectivity index (χ0) is 19.7. The molecule has 0 spiro atoms. The van der Waals surface area contributed by atoms with Crippen LogP contribution in [0.25, 0.3) is 5.00 Å². The standard InChI is InChI=1S/C20H21N5O2S/c1-13-14(2)28-20(24-8-3-4-9-24)18(13)19(27)23-15-5-6-16(22-11-15)25-10-7-21-17(26)12-25/h3-6,8-9,11H,7,10,12H2,1-2H3,(H,21,26)(H,23,27). The second kappa shape index (κ2) is 7.47. The van der Waals surface area contributed by atoms with Gasteiger partial charge in [0.1, 0.15) is 10.8 Å². The third-order valence-electron chi connectivity index (χ3n) is 4.80. The predicted molar refractivity (Wildman–Crippen MR) is 111 cm³/mol. The Balaban J connectivity index is 1.54. The fourth-order valence-corrected chi connectivity index (χ4v) is 4.32. The van der Waals surface area contributed by atoms with E-state index in [-0.39, 0.29) is 11.8 Å². The molecule has 0 radical (unpaired) electrons. The Morgan fingerprint density at radius 3 is 2.71 bits per heavy atom. The van der Waals surface area contributed by atoms with Crippen molar-refractivity contribution in [2.75, 3.05) is 29.9 Å². The van der Waals surface area contributed by atoms with E-state index in [0.717, 1.165) is 27.8 Å². The molecule has 3 aromatic rings. The summed E-state index contributed by atoms with van der Waals surface area (Å²) in [5.41, 5.74) is 2.28. The van der Waals surface area contributed by atoms with Gasteiger partial charge in [-0.3, -0.25) is 9.59 Å². The van der Waals surface area contributed by atoms with Gasteiger partial charge >= 0.3 is 0 Å². The van der Waals surface area contributed by atoms with Crippen LogP contribution in [0.2, 0.25) is 0 Å². The maximum absolute atomic E-state index is 13.0. The molecule has 4 rings (SSSR count). The molecular weight excluding hydrogens is 374 g/mol. The summed E-state index contributed by atoms with van der Waals surface area (Å²) in [6.07, 6.45) is 5.50. The number of amides is 2. The Morgan fingerprint density at radius 2 is 2.04 bits per heavy atom. The van der Waals surface area contributed by atoms with Crippen LogP contribution in [0, 0.1) is 13.8 Å². The maximum atomic E-state index is 13.0. The van der Waals surface area contributed by atoms with Gasteiger partial charge in [0, 0.05) is 30.4 Å². The normalized spacial score (nSPS) is 14.1. The highest BCUT2D eigenvalue weighted by molar-refractivity contribution is 7.15. The smallest absolute Gasteiger partial charge is 0.259 e. The minimum absolute atomic E-state index is 0.00808. The lowest BCUT2D eigenvalue weighted by Crippen LogP contribution is -2.48. The molecule has 0 saturated carbocycles. The van der Waals surface area contributed by atoms with Gasteiger partial charge in [0.15, 0.2) is 0 Å². The first kappa shape index (κ1) is 18.2. The van der Waals surface area contributed by atoms with Crippen molar-refractivity contribution in [1.82, 2.24) is 14.9 Å². The maximum Gasteiger partial charge on any atom is 0.259 e. The lowest BCUT2D eigenvalue weighted by molar-refractivity contribution is -0.120. The van der Waals surface area contributed by atoms with E-state index in [2.05, 4.69) is 15.6 Å². The van der Waals surface area contributed by atoms with Crippen LogP contribution in [0.5, 0.6) is 0 Å². The van der Waals surface area contributed by atoms with E-state index < -0.39 is 0 Å². The summed E-state index contributed by atoms with van der Waals surface area (Å²) in [6, 6.07) is 7.52. The number of piperazine rings is 1. The van der Waals surface area contributed by atoms with E-state index >= 15 is 0 Å². The van der Waals surface area contributed by atoms with Crippen molar-refractivity contribution < 1.29 is 9.59 Å². The van der Waals surface area contributed by atoms with Crippen LogP contribution in [0.4, 0.5) is 11.5 Å². The topological polar surface area (TPSA) is 79.3 Å². The molecule has 0 atom stereocenters. The summed E-state index contributed by atoms with van der Waals surface area (Å²) >= 11 is 1.60. The van der Waals surface area contributed by atoms with Gasteiger partial charge in [-0.2, -0.15) is 0 Å². The molecule has 7 nitrogen and oxygen atoms in total. The van der Waals surface area contributed by atoms with Gasteiger partial charge in [0.2, 0.25) is 5.91 Å². The first-order valence-corrected chi connectivity index (χ1v) is 9.87. The molecule has 1 aliphatic rings. The zero-order valence-corrected chi connectivity index (χ0v) is 16.5. The molecule has 0 bridgehead atoms. The van der Waals surface area contributed by atoms with Crippen molar-refractivity contribution in [1.29, 1.82) is 0 Å². The van der Waals surface area contributed by atoms with E-state index in [9.17, 15) is 9.59 Å². The van der Waals surface area contributed by atoms with Gasteiger partial charge in [-0.1, -0.05) is 0 Å². The zero-order valence-electron chi connectivity index (χ0n) is 15.7. The molecule has 1 fully saturated rings. The summed E-state index contributed by atoms with van der Waals surface area (Å²) in [6.45, 7) is 5.62. The Morgan fingerprint density at radius 1 is 1.25 bits per heavy atom. The lowest BCUT2D eigenvalue weighted by atomic mass is 10.1. The molecule has 28 heavy (non-hydrogen) atoms. The largest absolute Gasteiger partial charge is 0.353 e. The minimum atomic E-state index is -0.155. The van der Waals surface area contributed by atoms with Gasteiger partial charge in [-0.25, -0.2) is 4.98 Å². The fraction of sp³-hybridized carbons (Fsp3) is 0.250. The highest BCUT2D eigenvalue weighted by Gasteiger charge is 2.21. The van der Waals surface area contributed by atoms with E-state index in [1.54, 1.807) is 17.5 Å². The average molecular weight is 395 g/mol. The van der Waals surface area contributed by atoms with Gasteiger partial charge in [-0.05, 0) is 43.7 Å². The third-order valence-corrected chi connectivity index (χ3v) is 6.02. The van der Waals surface area contributed by atoms with Crippen molar-refractivity contribution >= 4 is 34.7 Å². The van der Waals surface area contributed by atoms with Crippen molar-refractivity contribution in [3.05, 3.63) is 58.9 Å². The van der Waals surface area contributed by atoms with E-state index in [1.165, 1.54) is 0 Å². The number of nitrogens with zero attached hydrogens (tertiary/aromatic N) is 3. The summed E-state index contributed by atoms with van der Waals surface area (Å²) < 4.78 is 1.96. The number of hydrogen-bond donors (Lipinski definition) is 2. The van der Waals surface area contributed by atoms with E-state index in [0.29, 0.717) is 24.3 Å². The molecule has 0 aromatic carbocycles. The summed E-state index contributed by atoms with van der Waals surface area (Å²) in [5, 5.41) is 6.65. The predicted octanol–water partition coefficient (Wildman–Crippen LogP) is 2.74. The molecule has 8 heteroatoms. The summed E-state index contributed by atoms with van der Waals surface area (Å²) in [7, 11) is 0. The van der Waals surface area contributed by atoms with Crippen molar-refractivity contribution in [2.45, 2.75) is 13.8 Å². The summed E-state index contributed by atoms with van der Waals surface area (Å²) in [5.74, 6) is 0.562. The molecule has 144 valence electrons. The van der Waals surface area contributed by atoms with Crippen LogP contribution >= 0.6 is 11.3 Å². The minimum Gasteiger partial charge on any atom is -0.353 e. The van der Waals surface area contributed by atoms with E-state index in [4.69, 9.17) is 0 Å².